The largest absolute Gasteiger partial charge is 0.481 e. The molecule has 0 radical (unpaired) electrons. The summed E-state index contributed by atoms with van der Waals surface area (Å²) in [7, 11) is 0. The molecular formula is C15H19FO2. The second kappa shape index (κ2) is 5.98. The first-order chi connectivity index (χ1) is 8.68. The van der Waals surface area contributed by atoms with E-state index in [1.165, 1.54) is 12.5 Å². The molecule has 2 rings (SSSR count). The normalized spacial score (nSPS) is 18.5. The smallest absolute Gasteiger partial charge is 0.307 e. The topological polar surface area (TPSA) is 37.3 Å². The number of carboxylic acids is 1. The van der Waals surface area contributed by atoms with Gasteiger partial charge < -0.3 is 5.11 Å². The van der Waals surface area contributed by atoms with Gasteiger partial charge in [-0.25, -0.2) is 4.39 Å². The van der Waals surface area contributed by atoms with Crippen LogP contribution in [0.5, 0.6) is 0 Å². The van der Waals surface area contributed by atoms with E-state index in [2.05, 4.69) is 0 Å². The lowest BCUT2D eigenvalue weighted by Gasteiger charge is -2.27. The fourth-order valence-corrected chi connectivity index (χ4v) is 2.89. The molecule has 0 aromatic heterocycles. The molecule has 0 heterocycles. The number of hydrogen-bond acceptors (Lipinski definition) is 1. The number of carboxylic acid groups (broad SMARTS) is 1. The zero-order valence-electron chi connectivity index (χ0n) is 10.4. The molecule has 98 valence electrons. The number of hydrogen-bond donors (Lipinski definition) is 1. The molecule has 1 aliphatic rings. The Labute approximate surface area is 107 Å². The van der Waals surface area contributed by atoms with E-state index in [4.69, 9.17) is 0 Å². The molecule has 1 aromatic carbocycles. The standard InChI is InChI=1S/C15H19FO2/c16-14-9-5-4-8-12(14)10-13(15(17)18)11-6-2-1-3-7-11/h4-5,8-9,11,13H,1-3,6-7,10H2,(H,17,18). The van der Waals surface area contributed by atoms with E-state index in [0.717, 1.165) is 25.7 Å². The molecule has 0 amide bonds. The monoisotopic (exact) mass is 250 g/mol. The number of benzene rings is 1. The average Bonchev–Trinajstić information content (AvgIpc) is 2.38. The van der Waals surface area contributed by atoms with Crippen LogP contribution in [0.1, 0.15) is 37.7 Å². The lowest BCUT2D eigenvalue weighted by Crippen LogP contribution is -2.27. The Morgan fingerprint density at radius 3 is 2.56 bits per heavy atom. The van der Waals surface area contributed by atoms with Gasteiger partial charge >= 0.3 is 5.97 Å². The van der Waals surface area contributed by atoms with E-state index in [0.29, 0.717) is 12.0 Å². The summed E-state index contributed by atoms with van der Waals surface area (Å²) in [6, 6.07) is 6.48. The van der Waals surface area contributed by atoms with Crippen molar-refractivity contribution >= 4 is 5.97 Å². The van der Waals surface area contributed by atoms with Crippen LogP contribution in [0, 0.1) is 17.7 Å². The van der Waals surface area contributed by atoms with Crippen molar-refractivity contribution in [2.45, 2.75) is 38.5 Å². The third-order valence-electron chi connectivity index (χ3n) is 3.93. The summed E-state index contributed by atoms with van der Waals surface area (Å²) in [6.45, 7) is 0. The highest BCUT2D eigenvalue weighted by molar-refractivity contribution is 5.70. The summed E-state index contributed by atoms with van der Waals surface area (Å²) in [4.78, 5) is 11.4. The first-order valence-electron chi connectivity index (χ1n) is 6.64. The summed E-state index contributed by atoms with van der Waals surface area (Å²) in [5, 5.41) is 9.36. The van der Waals surface area contributed by atoms with Gasteiger partial charge in [0.15, 0.2) is 0 Å². The van der Waals surface area contributed by atoms with E-state index in [-0.39, 0.29) is 11.7 Å². The lowest BCUT2D eigenvalue weighted by atomic mass is 9.77. The van der Waals surface area contributed by atoms with E-state index >= 15 is 0 Å². The molecule has 1 aliphatic carbocycles. The molecule has 0 bridgehead atoms. The molecule has 0 saturated heterocycles. The van der Waals surface area contributed by atoms with Crippen molar-refractivity contribution in [1.29, 1.82) is 0 Å². The molecule has 1 N–H and O–H groups in total. The van der Waals surface area contributed by atoms with Crippen LogP contribution in [-0.2, 0) is 11.2 Å². The zero-order chi connectivity index (χ0) is 13.0. The minimum absolute atomic E-state index is 0.204. The van der Waals surface area contributed by atoms with Crippen LogP contribution in [-0.4, -0.2) is 11.1 Å². The van der Waals surface area contributed by atoms with Crippen LogP contribution in [0.25, 0.3) is 0 Å². The predicted molar refractivity (Wildman–Crippen MR) is 67.8 cm³/mol. The molecule has 0 spiro atoms. The van der Waals surface area contributed by atoms with Gasteiger partial charge in [0, 0.05) is 0 Å². The quantitative estimate of drug-likeness (QED) is 0.885. The van der Waals surface area contributed by atoms with Crippen LogP contribution < -0.4 is 0 Å². The van der Waals surface area contributed by atoms with E-state index in [1.54, 1.807) is 18.2 Å². The van der Waals surface area contributed by atoms with Crippen molar-refractivity contribution in [3.63, 3.8) is 0 Å². The maximum absolute atomic E-state index is 13.6. The Kier molecular flexibility index (Phi) is 4.34. The van der Waals surface area contributed by atoms with Crippen molar-refractivity contribution in [1.82, 2.24) is 0 Å². The molecular weight excluding hydrogens is 231 g/mol. The van der Waals surface area contributed by atoms with Crippen LogP contribution in [0.15, 0.2) is 24.3 Å². The summed E-state index contributed by atoms with van der Waals surface area (Å²) >= 11 is 0. The fraction of sp³-hybridized carbons (Fsp3) is 0.533. The van der Waals surface area contributed by atoms with Crippen molar-refractivity contribution in [2.24, 2.45) is 11.8 Å². The zero-order valence-corrected chi connectivity index (χ0v) is 10.4. The van der Waals surface area contributed by atoms with Crippen molar-refractivity contribution < 1.29 is 14.3 Å². The third-order valence-corrected chi connectivity index (χ3v) is 3.93. The van der Waals surface area contributed by atoms with Gasteiger partial charge in [-0.05, 0) is 36.8 Å². The van der Waals surface area contributed by atoms with E-state index in [9.17, 15) is 14.3 Å². The first-order valence-corrected chi connectivity index (χ1v) is 6.64. The van der Waals surface area contributed by atoms with Gasteiger partial charge in [0.1, 0.15) is 5.82 Å². The van der Waals surface area contributed by atoms with E-state index < -0.39 is 11.9 Å². The highest BCUT2D eigenvalue weighted by Crippen LogP contribution is 2.32. The SMILES string of the molecule is O=C(O)C(Cc1ccccc1F)C1CCCCC1. The molecule has 1 atom stereocenters. The minimum atomic E-state index is -0.787. The van der Waals surface area contributed by atoms with Crippen molar-refractivity contribution in [3.05, 3.63) is 35.6 Å². The Morgan fingerprint density at radius 1 is 1.28 bits per heavy atom. The van der Waals surface area contributed by atoms with Crippen LogP contribution >= 0.6 is 0 Å². The number of carbonyl (C=O) groups is 1. The highest BCUT2D eigenvalue weighted by atomic mass is 19.1. The Hall–Kier alpha value is -1.38. The molecule has 3 heteroatoms. The molecule has 2 nitrogen and oxygen atoms in total. The summed E-state index contributed by atoms with van der Waals surface area (Å²) in [5.74, 6) is -1.32. The molecule has 0 aliphatic heterocycles. The second-order valence-electron chi connectivity index (χ2n) is 5.14. The van der Waals surface area contributed by atoms with Gasteiger partial charge in [-0.2, -0.15) is 0 Å². The van der Waals surface area contributed by atoms with Gasteiger partial charge in [-0.1, -0.05) is 37.5 Å². The van der Waals surface area contributed by atoms with Crippen LogP contribution in [0.3, 0.4) is 0 Å². The fourth-order valence-electron chi connectivity index (χ4n) is 2.89. The summed E-state index contributed by atoms with van der Waals surface area (Å²) < 4.78 is 13.6. The van der Waals surface area contributed by atoms with Crippen molar-refractivity contribution in [3.8, 4) is 0 Å². The Morgan fingerprint density at radius 2 is 1.94 bits per heavy atom. The molecule has 1 aromatic rings. The number of aliphatic carboxylic acids is 1. The Bertz CT molecular complexity index is 411. The second-order valence-corrected chi connectivity index (χ2v) is 5.14. The molecule has 18 heavy (non-hydrogen) atoms. The van der Waals surface area contributed by atoms with Gasteiger partial charge in [0.2, 0.25) is 0 Å². The molecule has 1 saturated carbocycles. The molecule has 1 fully saturated rings. The maximum Gasteiger partial charge on any atom is 0.307 e. The average molecular weight is 250 g/mol. The van der Waals surface area contributed by atoms with Gasteiger partial charge in [-0.15, -0.1) is 0 Å². The molecule has 1 unspecified atom stereocenters. The van der Waals surface area contributed by atoms with Crippen LogP contribution in [0.2, 0.25) is 0 Å². The third kappa shape index (κ3) is 3.09. The van der Waals surface area contributed by atoms with Gasteiger partial charge in [-0.3, -0.25) is 4.79 Å². The summed E-state index contributed by atoms with van der Waals surface area (Å²) in [6.07, 6.45) is 5.64. The van der Waals surface area contributed by atoms with Crippen molar-refractivity contribution in [2.75, 3.05) is 0 Å². The van der Waals surface area contributed by atoms with E-state index in [1.807, 2.05) is 0 Å². The minimum Gasteiger partial charge on any atom is -0.481 e. The predicted octanol–water partition coefficient (Wildman–Crippen LogP) is 3.65. The van der Waals surface area contributed by atoms with Crippen LogP contribution in [0.4, 0.5) is 4.39 Å². The van der Waals surface area contributed by atoms with Gasteiger partial charge in [0.05, 0.1) is 5.92 Å². The number of rotatable bonds is 4. The Balaban J connectivity index is 2.11. The number of halogens is 1. The van der Waals surface area contributed by atoms with Gasteiger partial charge in [0.25, 0.3) is 0 Å². The highest BCUT2D eigenvalue weighted by Gasteiger charge is 2.29. The first kappa shape index (κ1) is 13.1. The maximum atomic E-state index is 13.6. The lowest BCUT2D eigenvalue weighted by molar-refractivity contribution is -0.144. The summed E-state index contributed by atoms with van der Waals surface area (Å²) in [5.41, 5.74) is 0.524.